The van der Waals surface area contributed by atoms with Crippen LogP contribution in [0.5, 0.6) is 0 Å². The number of pyridine rings is 1. The van der Waals surface area contributed by atoms with Gasteiger partial charge in [-0.3, -0.25) is 4.98 Å². The molecule has 0 saturated carbocycles. The first kappa shape index (κ1) is 18.0. The van der Waals surface area contributed by atoms with E-state index >= 15 is 0 Å². The maximum absolute atomic E-state index is 13.1. The predicted octanol–water partition coefficient (Wildman–Crippen LogP) is 2.30. The van der Waals surface area contributed by atoms with Crippen molar-refractivity contribution in [3.8, 4) is 0 Å². The molecule has 27 heavy (non-hydrogen) atoms. The SMILES string of the molecule is Cc1noc(COC2CCN(S(=O)(=O)c3cccc4cccnc34)CC2)n1. The standard InChI is InChI=1S/C18H20N4O4S/c1-13-20-17(26-21-13)12-25-15-7-10-22(11-8-15)27(23,24)16-6-2-4-14-5-3-9-19-18(14)16/h2-6,9,15H,7-8,10-12H2,1H3. The minimum Gasteiger partial charge on any atom is -0.368 e. The zero-order chi connectivity index (χ0) is 18.9. The minimum atomic E-state index is -3.60. The first-order valence-electron chi connectivity index (χ1n) is 8.79. The second kappa shape index (κ2) is 7.34. The number of para-hydroxylation sites is 1. The number of aryl methyl sites for hydroxylation is 1. The lowest BCUT2D eigenvalue weighted by atomic mass is 10.1. The third-order valence-corrected chi connectivity index (χ3v) is 6.56. The zero-order valence-electron chi connectivity index (χ0n) is 14.9. The van der Waals surface area contributed by atoms with Crippen LogP contribution in [0.15, 0.2) is 45.9 Å². The Morgan fingerprint density at radius 1 is 1.22 bits per heavy atom. The number of benzene rings is 1. The summed E-state index contributed by atoms with van der Waals surface area (Å²) in [6.45, 7) is 2.79. The number of ether oxygens (including phenoxy) is 1. The van der Waals surface area contributed by atoms with Crippen LogP contribution in [0.2, 0.25) is 0 Å². The minimum absolute atomic E-state index is 0.0331. The van der Waals surface area contributed by atoms with Crippen LogP contribution in [0.3, 0.4) is 0 Å². The van der Waals surface area contributed by atoms with Gasteiger partial charge in [-0.05, 0) is 31.9 Å². The van der Waals surface area contributed by atoms with Gasteiger partial charge in [0.25, 0.3) is 5.89 Å². The summed E-state index contributed by atoms with van der Waals surface area (Å²) in [6.07, 6.45) is 2.81. The largest absolute Gasteiger partial charge is 0.368 e. The summed E-state index contributed by atoms with van der Waals surface area (Å²) in [5.74, 6) is 1.00. The molecule has 0 amide bonds. The highest BCUT2D eigenvalue weighted by atomic mass is 32.2. The van der Waals surface area contributed by atoms with Gasteiger partial charge in [-0.1, -0.05) is 23.4 Å². The van der Waals surface area contributed by atoms with Crippen molar-refractivity contribution < 1.29 is 17.7 Å². The van der Waals surface area contributed by atoms with Crippen LogP contribution in [0, 0.1) is 6.92 Å². The lowest BCUT2D eigenvalue weighted by molar-refractivity contribution is -0.00118. The number of sulfonamides is 1. The molecule has 1 aliphatic rings. The van der Waals surface area contributed by atoms with Crippen molar-refractivity contribution in [3.05, 3.63) is 48.2 Å². The average molecular weight is 388 g/mol. The van der Waals surface area contributed by atoms with Crippen molar-refractivity contribution in [2.24, 2.45) is 0 Å². The van der Waals surface area contributed by atoms with Gasteiger partial charge in [-0.15, -0.1) is 0 Å². The molecule has 3 heterocycles. The van der Waals surface area contributed by atoms with Crippen LogP contribution >= 0.6 is 0 Å². The van der Waals surface area contributed by atoms with E-state index in [9.17, 15) is 8.42 Å². The summed E-state index contributed by atoms with van der Waals surface area (Å²) in [5, 5.41) is 4.54. The van der Waals surface area contributed by atoms with Gasteiger partial charge in [0.05, 0.1) is 11.6 Å². The van der Waals surface area contributed by atoms with E-state index in [0.717, 1.165) is 5.39 Å². The van der Waals surface area contributed by atoms with Crippen molar-refractivity contribution in [1.29, 1.82) is 0 Å². The molecule has 0 aliphatic carbocycles. The predicted molar refractivity (Wildman–Crippen MR) is 97.3 cm³/mol. The molecule has 0 N–H and O–H groups in total. The van der Waals surface area contributed by atoms with Gasteiger partial charge in [-0.2, -0.15) is 9.29 Å². The Labute approximate surface area is 157 Å². The molecule has 0 radical (unpaired) electrons. The summed E-state index contributed by atoms with van der Waals surface area (Å²) < 4.78 is 38.5. The lowest BCUT2D eigenvalue weighted by Gasteiger charge is -2.31. The van der Waals surface area contributed by atoms with E-state index in [2.05, 4.69) is 15.1 Å². The Bertz CT molecular complexity index is 1040. The van der Waals surface area contributed by atoms with Crippen molar-refractivity contribution in [1.82, 2.24) is 19.4 Å². The molecule has 1 saturated heterocycles. The molecule has 0 bridgehead atoms. The summed E-state index contributed by atoms with van der Waals surface area (Å²) in [4.78, 5) is 8.62. The molecule has 2 aromatic heterocycles. The maximum Gasteiger partial charge on any atom is 0.252 e. The number of hydrogen-bond acceptors (Lipinski definition) is 7. The highest BCUT2D eigenvalue weighted by Gasteiger charge is 2.31. The molecule has 142 valence electrons. The van der Waals surface area contributed by atoms with E-state index in [4.69, 9.17) is 9.26 Å². The van der Waals surface area contributed by atoms with Gasteiger partial charge in [0.2, 0.25) is 10.0 Å². The van der Waals surface area contributed by atoms with Gasteiger partial charge >= 0.3 is 0 Å². The van der Waals surface area contributed by atoms with Crippen molar-refractivity contribution in [2.75, 3.05) is 13.1 Å². The summed E-state index contributed by atoms with van der Waals surface area (Å²) in [6, 6.07) is 8.89. The maximum atomic E-state index is 13.1. The van der Waals surface area contributed by atoms with E-state index in [1.165, 1.54) is 4.31 Å². The number of piperidine rings is 1. The molecule has 9 heteroatoms. The fraction of sp³-hybridized carbons (Fsp3) is 0.389. The van der Waals surface area contributed by atoms with Crippen molar-refractivity contribution in [2.45, 2.75) is 37.4 Å². The normalized spacial score (nSPS) is 16.8. The Hall–Kier alpha value is -2.36. The monoisotopic (exact) mass is 388 g/mol. The van der Waals surface area contributed by atoms with E-state index in [1.54, 1.807) is 31.3 Å². The molecule has 1 aliphatic heterocycles. The fourth-order valence-corrected chi connectivity index (χ4v) is 4.89. The molecule has 3 aromatic rings. The molecule has 0 spiro atoms. The quantitative estimate of drug-likeness (QED) is 0.661. The highest BCUT2D eigenvalue weighted by Crippen LogP contribution is 2.27. The molecule has 0 atom stereocenters. The zero-order valence-corrected chi connectivity index (χ0v) is 15.7. The molecule has 1 aromatic carbocycles. The topological polar surface area (TPSA) is 98.4 Å². The Morgan fingerprint density at radius 3 is 2.74 bits per heavy atom. The second-order valence-corrected chi connectivity index (χ2v) is 8.39. The van der Waals surface area contributed by atoms with Gasteiger partial charge in [0.15, 0.2) is 5.82 Å². The Kier molecular flexibility index (Phi) is 4.90. The summed E-state index contributed by atoms with van der Waals surface area (Å²) in [7, 11) is -3.60. The number of rotatable bonds is 5. The van der Waals surface area contributed by atoms with Gasteiger partial charge in [-0.25, -0.2) is 8.42 Å². The molecule has 8 nitrogen and oxygen atoms in total. The van der Waals surface area contributed by atoms with E-state index in [1.807, 2.05) is 12.1 Å². The molecular weight excluding hydrogens is 368 g/mol. The van der Waals surface area contributed by atoms with E-state index in [0.29, 0.717) is 43.2 Å². The van der Waals surface area contributed by atoms with Gasteiger partial charge < -0.3 is 9.26 Å². The first-order valence-corrected chi connectivity index (χ1v) is 10.2. The number of aromatic nitrogens is 3. The average Bonchev–Trinajstić information content (AvgIpc) is 3.11. The highest BCUT2D eigenvalue weighted by molar-refractivity contribution is 7.89. The smallest absolute Gasteiger partial charge is 0.252 e. The molecular formula is C18H20N4O4S. The lowest BCUT2D eigenvalue weighted by Crippen LogP contribution is -2.40. The second-order valence-electron chi connectivity index (χ2n) is 6.48. The van der Waals surface area contributed by atoms with Crippen molar-refractivity contribution in [3.63, 3.8) is 0 Å². The third-order valence-electron chi connectivity index (χ3n) is 4.63. The molecule has 0 unspecified atom stereocenters. The van der Waals surface area contributed by atoms with Crippen molar-refractivity contribution >= 4 is 20.9 Å². The number of hydrogen-bond donors (Lipinski definition) is 0. The Morgan fingerprint density at radius 2 is 2.00 bits per heavy atom. The number of fused-ring (bicyclic) bond motifs is 1. The van der Waals surface area contributed by atoms with Crippen LogP contribution in [-0.4, -0.2) is 47.0 Å². The molecule has 4 rings (SSSR count). The van der Waals surface area contributed by atoms with Gasteiger partial charge in [0.1, 0.15) is 11.5 Å². The Balaban J connectivity index is 1.44. The van der Waals surface area contributed by atoms with Crippen LogP contribution in [0.25, 0.3) is 10.9 Å². The number of nitrogens with zero attached hydrogens (tertiary/aromatic N) is 4. The first-order chi connectivity index (χ1) is 13.0. The van der Waals surface area contributed by atoms with Crippen LogP contribution in [0.4, 0.5) is 0 Å². The summed E-state index contributed by atoms with van der Waals surface area (Å²) >= 11 is 0. The fourth-order valence-electron chi connectivity index (χ4n) is 3.25. The van der Waals surface area contributed by atoms with E-state index < -0.39 is 10.0 Å². The summed E-state index contributed by atoms with van der Waals surface area (Å²) in [5.41, 5.74) is 0.505. The van der Waals surface area contributed by atoms with Crippen LogP contribution < -0.4 is 0 Å². The van der Waals surface area contributed by atoms with Gasteiger partial charge in [0, 0.05) is 24.7 Å². The third kappa shape index (κ3) is 3.71. The van der Waals surface area contributed by atoms with Crippen LogP contribution in [-0.2, 0) is 21.4 Å². The van der Waals surface area contributed by atoms with E-state index in [-0.39, 0.29) is 17.6 Å². The molecule has 1 fully saturated rings. The van der Waals surface area contributed by atoms with Crippen LogP contribution in [0.1, 0.15) is 24.6 Å².